The molecule has 0 saturated carbocycles. The van der Waals surface area contributed by atoms with Crippen molar-refractivity contribution in [3.05, 3.63) is 140 Å². The lowest BCUT2D eigenvalue weighted by Gasteiger charge is -2.45. The Morgan fingerprint density at radius 3 is 1.57 bits per heavy atom. The first-order valence-electron chi connectivity index (χ1n) is 26.5. The fourth-order valence-corrected chi connectivity index (χ4v) is 10.1. The van der Waals surface area contributed by atoms with E-state index in [1.54, 1.807) is 81.1 Å². The number of hydrogen-bond acceptors (Lipinski definition) is 16. The molecule has 8 rings (SSSR count). The van der Waals surface area contributed by atoms with Crippen molar-refractivity contribution in [2.75, 3.05) is 44.3 Å². The third kappa shape index (κ3) is 14.5. The van der Waals surface area contributed by atoms with E-state index in [0.717, 1.165) is 26.8 Å². The number of hydrogen-bond donors (Lipinski definition) is 3. The number of amides is 2. The minimum absolute atomic E-state index is 0.0128. The molecular formula is C56H67Cl3F2N10O12. The lowest BCUT2D eigenvalue weighted by atomic mass is 10.0. The molecule has 3 N–H and O–H groups in total. The zero-order valence-electron chi connectivity index (χ0n) is 47.9. The van der Waals surface area contributed by atoms with Crippen molar-refractivity contribution >= 4 is 86.1 Å². The highest BCUT2D eigenvalue weighted by Gasteiger charge is 2.42. The minimum Gasteiger partial charge on any atom is -0.444 e. The van der Waals surface area contributed by atoms with E-state index in [-0.39, 0.29) is 77.5 Å². The number of nitro groups is 2. The second-order valence-corrected chi connectivity index (χ2v) is 23.7. The number of carbonyl (C=O) groups is 2. The number of carbonyl (C=O) groups excluding carboxylic acids is 2. The molecule has 2 aliphatic heterocycles. The van der Waals surface area contributed by atoms with Crippen LogP contribution in [0.3, 0.4) is 0 Å². The van der Waals surface area contributed by atoms with Gasteiger partial charge in [-0.25, -0.2) is 28.3 Å². The standard InChI is InChI=1S/C28H33ClFN5O6.C17H12Cl2FN3O3.C11H22N2O3/c1-15(2)18-9-7-8-10-21(18)34-25-19(11-20(30)24(29)31-25)22(23(26(34)37)35(39)40)33-12-16(3)32(13-17(33)14-36)27(38)41-28(4,5)6;1-8(2)9-5-3-4-6-12(9)22-16-10(7-11(20)15(19)21-16)13(18)14(17(22)24)23(25)26;1-8-5-12-9(7-14)6-13(8)10(15)16-11(2,3)4/h7-11,15-17,36H,12-14H2,1-6H3;3-8H,1-2H3;8-9,12,14H,5-7H2,1-4H3/t16-,17-;;8-,9-/m1.1/s1. The number of aliphatic hydroxyl groups is 2. The Balaban J connectivity index is 0.000000223. The maximum absolute atomic E-state index is 15.0. The third-order valence-corrected chi connectivity index (χ3v) is 14.3. The number of fused-ring (bicyclic) bond motifs is 2. The summed E-state index contributed by atoms with van der Waals surface area (Å²) < 4.78 is 41.8. The average Bonchev–Trinajstić information content (AvgIpc) is 3.60. The number of piperazine rings is 2. The van der Waals surface area contributed by atoms with E-state index >= 15 is 0 Å². The summed E-state index contributed by atoms with van der Waals surface area (Å²) in [5.41, 5.74) is -2.95. The van der Waals surface area contributed by atoms with Crippen molar-refractivity contribution in [2.45, 2.75) is 130 Å². The summed E-state index contributed by atoms with van der Waals surface area (Å²) in [5, 5.41) is 45.0. The summed E-state index contributed by atoms with van der Waals surface area (Å²) in [6.07, 6.45) is -0.914. The molecule has 2 aromatic carbocycles. The van der Waals surface area contributed by atoms with Crippen molar-refractivity contribution in [2.24, 2.45) is 0 Å². The molecule has 0 unspecified atom stereocenters. The molecule has 83 heavy (non-hydrogen) atoms. The number of halogens is 5. The molecule has 6 heterocycles. The van der Waals surface area contributed by atoms with Gasteiger partial charge in [0.25, 0.3) is 0 Å². The Hall–Kier alpha value is -7.09. The van der Waals surface area contributed by atoms with Crippen LogP contribution >= 0.6 is 34.8 Å². The number of aliphatic hydroxyl groups excluding tert-OH is 2. The molecule has 0 radical (unpaired) electrons. The molecule has 2 fully saturated rings. The number of rotatable bonds is 9. The lowest BCUT2D eigenvalue weighted by Crippen LogP contribution is -2.61. The monoisotopic (exact) mass is 1210 g/mol. The van der Waals surface area contributed by atoms with Gasteiger partial charge in [0.1, 0.15) is 21.9 Å². The topological polar surface area (TPSA) is 271 Å². The largest absolute Gasteiger partial charge is 0.444 e. The van der Waals surface area contributed by atoms with E-state index < -0.39 is 95.3 Å². The zero-order chi connectivity index (χ0) is 61.9. The number of nitrogens with one attached hydrogen (secondary N) is 1. The first kappa shape index (κ1) is 65.1. The summed E-state index contributed by atoms with van der Waals surface area (Å²) in [6.45, 7) is 22.7. The number of anilines is 1. The average molecular weight is 1220 g/mol. The van der Waals surface area contributed by atoms with Gasteiger partial charge in [-0.15, -0.1) is 0 Å². The van der Waals surface area contributed by atoms with Gasteiger partial charge in [-0.3, -0.25) is 39.0 Å². The Kier molecular flexibility index (Phi) is 20.6. The van der Waals surface area contributed by atoms with Gasteiger partial charge in [0.05, 0.1) is 45.9 Å². The predicted molar refractivity (Wildman–Crippen MR) is 313 cm³/mol. The summed E-state index contributed by atoms with van der Waals surface area (Å²) in [4.78, 5) is 86.6. The second kappa shape index (κ2) is 26.2. The number of para-hydroxylation sites is 2. The van der Waals surface area contributed by atoms with Gasteiger partial charge in [-0.1, -0.05) is 98.9 Å². The van der Waals surface area contributed by atoms with Crippen LogP contribution in [0.2, 0.25) is 15.3 Å². The van der Waals surface area contributed by atoms with E-state index in [4.69, 9.17) is 49.4 Å². The molecule has 6 aromatic rings. The van der Waals surface area contributed by atoms with Crippen molar-refractivity contribution < 1.29 is 47.9 Å². The fourth-order valence-electron chi connectivity index (χ4n) is 9.54. The Labute approximate surface area is 491 Å². The van der Waals surface area contributed by atoms with Gasteiger partial charge in [-0.2, -0.15) is 0 Å². The molecule has 0 bridgehead atoms. The first-order chi connectivity index (χ1) is 38.7. The molecule has 27 heteroatoms. The van der Waals surface area contributed by atoms with E-state index in [9.17, 15) is 53.3 Å². The van der Waals surface area contributed by atoms with Gasteiger partial charge in [0.15, 0.2) is 33.2 Å². The van der Waals surface area contributed by atoms with Crippen LogP contribution in [-0.2, 0) is 9.47 Å². The first-order valence-corrected chi connectivity index (χ1v) is 27.6. The molecule has 2 aliphatic rings. The Bertz CT molecular complexity index is 3570. The van der Waals surface area contributed by atoms with Gasteiger partial charge in [0.2, 0.25) is 0 Å². The van der Waals surface area contributed by atoms with Gasteiger partial charge in [0, 0.05) is 49.7 Å². The fraction of sp³-hybridized carbons (Fsp3) is 0.464. The van der Waals surface area contributed by atoms with Crippen LogP contribution < -0.4 is 21.3 Å². The van der Waals surface area contributed by atoms with E-state index in [2.05, 4.69) is 15.3 Å². The smallest absolute Gasteiger partial charge is 0.410 e. The third-order valence-electron chi connectivity index (χ3n) is 13.4. The predicted octanol–water partition coefficient (Wildman–Crippen LogP) is 10.5. The van der Waals surface area contributed by atoms with Crippen molar-refractivity contribution in [1.29, 1.82) is 0 Å². The number of nitrogens with zero attached hydrogens (tertiary/aromatic N) is 9. The van der Waals surface area contributed by atoms with Crippen LogP contribution in [0, 0.1) is 31.9 Å². The highest BCUT2D eigenvalue weighted by atomic mass is 35.5. The van der Waals surface area contributed by atoms with Crippen molar-refractivity contribution in [3.63, 3.8) is 0 Å². The molecule has 22 nitrogen and oxygen atoms in total. The van der Waals surface area contributed by atoms with E-state index in [0.29, 0.717) is 30.0 Å². The van der Waals surface area contributed by atoms with Gasteiger partial charge < -0.3 is 39.7 Å². The number of aromatic nitrogens is 4. The maximum atomic E-state index is 15.0. The molecule has 4 aromatic heterocycles. The molecule has 2 saturated heterocycles. The summed E-state index contributed by atoms with van der Waals surface area (Å²) >= 11 is 17.9. The Morgan fingerprint density at radius 1 is 0.699 bits per heavy atom. The Morgan fingerprint density at radius 2 is 1.13 bits per heavy atom. The van der Waals surface area contributed by atoms with Gasteiger partial charge in [-0.05, 0) is 103 Å². The van der Waals surface area contributed by atoms with E-state index in [1.807, 2.05) is 55.4 Å². The van der Waals surface area contributed by atoms with Crippen LogP contribution in [-0.4, -0.2) is 136 Å². The number of ether oxygens (including phenoxy) is 2. The summed E-state index contributed by atoms with van der Waals surface area (Å²) in [5.74, 6) is -1.88. The second-order valence-electron chi connectivity index (χ2n) is 22.6. The SMILES string of the molecule is CC(C)c1ccccc1-n1c(=O)c([N+](=O)[O-])c(Cl)c2cc(F)c(Cl)nc21.CC(C)c1ccccc1-n1c(=O)c([N+](=O)[O-])c(N2C[C@@H](C)N(C(=O)OC(C)(C)C)C[C@@H]2CO)c2cc(F)c(Cl)nc21.C[C@@H]1CN[C@@H](CO)CN1C(=O)OC(C)(C)C. The summed E-state index contributed by atoms with van der Waals surface area (Å²) in [6, 6.07) is 14.4. The summed E-state index contributed by atoms with van der Waals surface area (Å²) in [7, 11) is 0. The van der Waals surface area contributed by atoms with Crippen LogP contribution in [0.4, 0.5) is 35.4 Å². The minimum atomic E-state index is -0.986. The quantitative estimate of drug-likeness (QED) is 0.0690. The maximum Gasteiger partial charge on any atom is 0.410 e. The van der Waals surface area contributed by atoms with Gasteiger partial charge >= 0.3 is 34.7 Å². The molecule has 0 spiro atoms. The molecule has 4 atom stereocenters. The highest BCUT2D eigenvalue weighted by molar-refractivity contribution is 6.37. The normalized spacial score (nSPS) is 17.5. The lowest BCUT2D eigenvalue weighted by molar-refractivity contribution is -0.386. The van der Waals surface area contributed by atoms with Crippen molar-refractivity contribution in [1.82, 2.24) is 34.2 Å². The molecule has 2 amide bonds. The molecular weight excluding hydrogens is 1150 g/mol. The molecule has 0 aliphatic carbocycles. The highest BCUT2D eigenvalue weighted by Crippen LogP contribution is 2.40. The van der Waals surface area contributed by atoms with Crippen LogP contribution in [0.5, 0.6) is 0 Å². The zero-order valence-corrected chi connectivity index (χ0v) is 50.1. The molecule has 448 valence electrons. The van der Waals surface area contributed by atoms with Crippen LogP contribution in [0.1, 0.15) is 106 Å². The van der Waals surface area contributed by atoms with E-state index in [1.165, 1.54) is 9.80 Å². The number of benzene rings is 2. The number of pyridine rings is 4. The van der Waals surface area contributed by atoms with Crippen LogP contribution in [0.15, 0.2) is 70.3 Å². The van der Waals surface area contributed by atoms with Crippen molar-refractivity contribution in [3.8, 4) is 11.4 Å². The van der Waals surface area contributed by atoms with Crippen LogP contribution in [0.25, 0.3) is 33.4 Å².